The summed E-state index contributed by atoms with van der Waals surface area (Å²) in [6.45, 7) is 0. The zero-order chi connectivity index (χ0) is 9.42. The summed E-state index contributed by atoms with van der Waals surface area (Å²) in [6, 6.07) is 4.85. The molecule has 1 atom stereocenters. The van der Waals surface area contributed by atoms with Crippen LogP contribution in [-0.2, 0) is 12.8 Å². The molecule has 0 amide bonds. The van der Waals surface area contributed by atoms with Crippen molar-refractivity contribution in [2.45, 2.75) is 18.9 Å². The van der Waals surface area contributed by atoms with Crippen LogP contribution < -0.4 is 5.32 Å². The molecule has 1 nitrogen and oxygen atoms in total. The van der Waals surface area contributed by atoms with Crippen LogP contribution in [0.15, 0.2) is 12.1 Å². The van der Waals surface area contributed by atoms with Crippen LogP contribution in [0.5, 0.6) is 0 Å². The van der Waals surface area contributed by atoms with Gasteiger partial charge in [-0.15, -0.1) is 0 Å². The van der Waals surface area contributed by atoms with Gasteiger partial charge in [-0.3, -0.25) is 0 Å². The van der Waals surface area contributed by atoms with E-state index in [2.05, 4.69) is 34.0 Å². The first-order valence-electron chi connectivity index (χ1n) is 4.34. The van der Waals surface area contributed by atoms with Crippen molar-refractivity contribution in [2.24, 2.45) is 0 Å². The Kier molecular flexibility index (Phi) is 2.81. The second-order valence-electron chi connectivity index (χ2n) is 3.42. The van der Waals surface area contributed by atoms with Crippen LogP contribution in [0.4, 0.5) is 0 Å². The van der Waals surface area contributed by atoms with Crippen molar-refractivity contribution in [3.63, 3.8) is 0 Å². The van der Waals surface area contributed by atoms with Gasteiger partial charge in [0, 0.05) is 14.6 Å². The van der Waals surface area contributed by atoms with Gasteiger partial charge in [0.1, 0.15) is 0 Å². The molecule has 0 spiro atoms. The van der Waals surface area contributed by atoms with Gasteiger partial charge in [-0.1, -0.05) is 11.6 Å². The third-order valence-electron chi connectivity index (χ3n) is 2.58. The van der Waals surface area contributed by atoms with E-state index in [1.54, 1.807) is 0 Å². The fourth-order valence-electron chi connectivity index (χ4n) is 1.86. The molecular weight excluding hydrogens is 296 g/mol. The number of hydrogen-bond donors (Lipinski definition) is 1. The lowest BCUT2D eigenvalue weighted by Gasteiger charge is -2.04. The molecule has 1 aliphatic rings. The first kappa shape index (κ1) is 9.74. The third-order valence-corrected chi connectivity index (χ3v) is 3.54. The molecule has 13 heavy (non-hydrogen) atoms. The average molecular weight is 308 g/mol. The van der Waals surface area contributed by atoms with Gasteiger partial charge >= 0.3 is 0 Å². The second kappa shape index (κ2) is 3.75. The lowest BCUT2D eigenvalue weighted by molar-refractivity contribution is 0.593. The summed E-state index contributed by atoms with van der Waals surface area (Å²) in [5.74, 6) is 0. The highest BCUT2D eigenvalue weighted by Gasteiger charge is 2.22. The van der Waals surface area contributed by atoms with Gasteiger partial charge in [0.2, 0.25) is 0 Å². The van der Waals surface area contributed by atoms with E-state index in [9.17, 15) is 0 Å². The van der Waals surface area contributed by atoms with Gasteiger partial charge in [-0.2, -0.15) is 0 Å². The Morgan fingerprint density at radius 2 is 2.23 bits per heavy atom. The average Bonchev–Trinajstić information content (AvgIpc) is 2.47. The standard InChI is InChI=1S/C10H11ClIN/c1-13-8-3-6-2-7(12)4-10(11)9(6)5-8/h2,4,8,13H,3,5H2,1H3. The van der Waals surface area contributed by atoms with Crippen molar-refractivity contribution in [1.82, 2.24) is 5.32 Å². The lowest BCUT2D eigenvalue weighted by atomic mass is 10.1. The molecule has 0 aliphatic heterocycles. The van der Waals surface area contributed by atoms with E-state index in [1.807, 2.05) is 13.1 Å². The first-order chi connectivity index (χ1) is 6.20. The maximum absolute atomic E-state index is 6.16. The Morgan fingerprint density at radius 1 is 1.46 bits per heavy atom. The number of halogens is 2. The Hall–Kier alpha value is 0.200. The monoisotopic (exact) mass is 307 g/mol. The summed E-state index contributed by atoms with van der Waals surface area (Å²) in [7, 11) is 2.01. The van der Waals surface area contributed by atoms with Crippen LogP contribution in [0.1, 0.15) is 11.1 Å². The molecule has 1 aromatic carbocycles. The maximum Gasteiger partial charge on any atom is 0.0451 e. The van der Waals surface area contributed by atoms with Crippen LogP contribution in [0.3, 0.4) is 0 Å². The van der Waals surface area contributed by atoms with Crippen molar-refractivity contribution in [3.8, 4) is 0 Å². The molecule has 1 unspecified atom stereocenters. The van der Waals surface area contributed by atoms with E-state index in [1.165, 1.54) is 14.7 Å². The fourth-order valence-corrected chi connectivity index (χ4v) is 3.04. The summed E-state index contributed by atoms with van der Waals surface area (Å²) in [5, 5.41) is 4.23. The summed E-state index contributed by atoms with van der Waals surface area (Å²) < 4.78 is 1.23. The zero-order valence-corrected chi connectivity index (χ0v) is 10.3. The minimum Gasteiger partial charge on any atom is -0.316 e. The number of nitrogens with one attached hydrogen (secondary N) is 1. The molecule has 2 rings (SSSR count). The zero-order valence-electron chi connectivity index (χ0n) is 7.40. The summed E-state index contributed by atoms with van der Waals surface area (Å²) >= 11 is 8.48. The molecule has 1 aliphatic carbocycles. The molecule has 0 saturated carbocycles. The molecule has 0 bridgehead atoms. The Bertz CT molecular complexity index is 338. The highest BCUT2D eigenvalue weighted by molar-refractivity contribution is 14.1. The smallest absolute Gasteiger partial charge is 0.0451 e. The van der Waals surface area contributed by atoms with Crippen LogP contribution in [0, 0.1) is 3.57 Å². The highest BCUT2D eigenvalue weighted by atomic mass is 127. The van der Waals surface area contributed by atoms with Gasteiger partial charge in [-0.05, 0) is 65.7 Å². The van der Waals surface area contributed by atoms with Crippen molar-refractivity contribution in [2.75, 3.05) is 7.05 Å². The number of fused-ring (bicyclic) bond motifs is 1. The van der Waals surface area contributed by atoms with Crippen molar-refractivity contribution >= 4 is 34.2 Å². The first-order valence-corrected chi connectivity index (χ1v) is 5.80. The minimum atomic E-state index is 0.575. The van der Waals surface area contributed by atoms with E-state index >= 15 is 0 Å². The largest absolute Gasteiger partial charge is 0.316 e. The summed E-state index contributed by atoms with van der Waals surface area (Å²) in [6.07, 6.45) is 2.18. The van der Waals surface area contributed by atoms with Crippen molar-refractivity contribution in [3.05, 3.63) is 31.9 Å². The molecule has 3 heteroatoms. The van der Waals surface area contributed by atoms with Crippen LogP contribution in [0.25, 0.3) is 0 Å². The van der Waals surface area contributed by atoms with Gasteiger partial charge in [0.15, 0.2) is 0 Å². The fraction of sp³-hybridized carbons (Fsp3) is 0.400. The quantitative estimate of drug-likeness (QED) is 0.787. The topological polar surface area (TPSA) is 12.0 Å². The molecule has 0 saturated heterocycles. The summed E-state index contributed by atoms with van der Waals surface area (Å²) in [5.41, 5.74) is 2.75. The van der Waals surface area contributed by atoms with Crippen molar-refractivity contribution in [1.29, 1.82) is 0 Å². The molecular formula is C10H11ClIN. The second-order valence-corrected chi connectivity index (χ2v) is 5.07. The molecule has 0 aromatic heterocycles. The molecule has 1 N–H and O–H groups in total. The Morgan fingerprint density at radius 3 is 2.92 bits per heavy atom. The number of likely N-dealkylation sites (N-methyl/N-ethyl adjacent to an activating group) is 1. The van der Waals surface area contributed by atoms with Gasteiger partial charge in [-0.25, -0.2) is 0 Å². The molecule has 1 aromatic rings. The molecule has 0 heterocycles. The van der Waals surface area contributed by atoms with Crippen molar-refractivity contribution < 1.29 is 0 Å². The van der Waals surface area contributed by atoms with E-state index < -0.39 is 0 Å². The molecule has 0 radical (unpaired) electrons. The summed E-state index contributed by atoms with van der Waals surface area (Å²) in [4.78, 5) is 0. The van der Waals surface area contributed by atoms with Crippen LogP contribution >= 0.6 is 34.2 Å². The van der Waals surface area contributed by atoms with E-state index in [-0.39, 0.29) is 0 Å². The van der Waals surface area contributed by atoms with Gasteiger partial charge in [0.25, 0.3) is 0 Å². The van der Waals surface area contributed by atoms with E-state index in [4.69, 9.17) is 11.6 Å². The third kappa shape index (κ3) is 1.85. The maximum atomic E-state index is 6.16. The predicted molar refractivity (Wildman–Crippen MR) is 64.4 cm³/mol. The normalized spacial score (nSPS) is 20.4. The molecule has 70 valence electrons. The van der Waals surface area contributed by atoms with Gasteiger partial charge in [0.05, 0.1) is 0 Å². The lowest BCUT2D eigenvalue weighted by Crippen LogP contribution is -2.24. The van der Waals surface area contributed by atoms with Crippen LogP contribution in [0.2, 0.25) is 5.02 Å². The Balaban J connectivity index is 2.40. The van der Waals surface area contributed by atoms with E-state index in [0.717, 1.165) is 17.9 Å². The van der Waals surface area contributed by atoms with E-state index in [0.29, 0.717) is 6.04 Å². The highest BCUT2D eigenvalue weighted by Crippen LogP contribution is 2.30. The SMILES string of the molecule is CNC1Cc2cc(I)cc(Cl)c2C1. The minimum absolute atomic E-state index is 0.575. The number of hydrogen-bond acceptors (Lipinski definition) is 1. The number of benzene rings is 1. The van der Waals surface area contributed by atoms with Crippen LogP contribution in [-0.4, -0.2) is 13.1 Å². The molecule has 0 fully saturated rings. The Labute approximate surface area is 97.0 Å². The van der Waals surface area contributed by atoms with Gasteiger partial charge < -0.3 is 5.32 Å². The predicted octanol–water partition coefficient (Wildman–Crippen LogP) is 2.63. The number of rotatable bonds is 1.